The number of ether oxygens (including phenoxy) is 1. The SMILES string of the molecule is O=C(O)CC1(NC(=O)c2cn3ccccc3n2)CCOCC1. The summed E-state index contributed by atoms with van der Waals surface area (Å²) >= 11 is 0. The number of imidazole rings is 1. The lowest BCUT2D eigenvalue weighted by Gasteiger charge is -2.36. The van der Waals surface area contributed by atoms with E-state index in [1.807, 2.05) is 12.1 Å². The van der Waals surface area contributed by atoms with Crippen molar-refractivity contribution in [2.45, 2.75) is 24.8 Å². The molecule has 1 amide bonds. The number of nitrogens with one attached hydrogen (secondary N) is 1. The third-order valence-corrected chi connectivity index (χ3v) is 3.91. The standard InChI is InChI=1S/C15H17N3O4/c19-13(20)9-15(4-7-22-8-5-15)17-14(21)11-10-18-6-2-1-3-12(18)16-11/h1-3,6,10H,4-5,7-9H2,(H,17,21)(H,19,20). The van der Waals surface area contributed by atoms with Crippen molar-refractivity contribution in [1.29, 1.82) is 0 Å². The van der Waals surface area contributed by atoms with Crippen molar-refractivity contribution in [3.8, 4) is 0 Å². The van der Waals surface area contributed by atoms with Crippen LogP contribution in [0.25, 0.3) is 5.65 Å². The summed E-state index contributed by atoms with van der Waals surface area (Å²) < 4.78 is 7.03. The van der Waals surface area contributed by atoms with Gasteiger partial charge in [-0.2, -0.15) is 0 Å². The molecule has 0 bridgehead atoms. The number of amides is 1. The first-order valence-corrected chi connectivity index (χ1v) is 7.14. The van der Waals surface area contributed by atoms with E-state index in [9.17, 15) is 9.59 Å². The molecule has 7 heteroatoms. The Kier molecular flexibility index (Phi) is 3.81. The number of hydrogen-bond donors (Lipinski definition) is 2. The number of aliphatic carboxylic acids is 1. The molecule has 116 valence electrons. The van der Waals surface area contributed by atoms with Crippen molar-refractivity contribution in [1.82, 2.24) is 14.7 Å². The average Bonchev–Trinajstić information content (AvgIpc) is 2.91. The smallest absolute Gasteiger partial charge is 0.305 e. The fourth-order valence-electron chi connectivity index (χ4n) is 2.75. The number of fused-ring (bicyclic) bond motifs is 1. The largest absolute Gasteiger partial charge is 0.481 e. The molecule has 2 aromatic heterocycles. The molecule has 0 spiro atoms. The second-order valence-corrected chi connectivity index (χ2v) is 5.51. The minimum absolute atomic E-state index is 0.116. The molecule has 22 heavy (non-hydrogen) atoms. The molecule has 0 saturated carbocycles. The Balaban J connectivity index is 1.82. The molecule has 0 radical (unpaired) electrons. The predicted molar refractivity (Wildman–Crippen MR) is 77.7 cm³/mol. The highest BCUT2D eigenvalue weighted by Crippen LogP contribution is 2.25. The minimum atomic E-state index is -0.933. The van der Waals surface area contributed by atoms with Gasteiger partial charge in [0.25, 0.3) is 5.91 Å². The van der Waals surface area contributed by atoms with Gasteiger partial charge in [-0.1, -0.05) is 6.07 Å². The molecule has 1 aliphatic heterocycles. The van der Waals surface area contributed by atoms with Gasteiger partial charge < -0.3 is 19.6 Å². The fourth-order valence-corrected chi connectivity index (χ4v) is 2.75. The van der Waals surface area contributed by atoms with Crippen LogP contribution in [0.5, 0.6) is 0 Å². The van der Waals surface area contributed by atoms with E-state index < -0.39 is 11.5 Å². The summed E-state index contributed by atoms with van der Waals surface area (Å²) in [6.45, 7) is 0.886. The average molecular weight is 303 g/mol. The number of carbonyl (C=O) groups is 2. The van der Waals surface area contributed by atoms with Crippen molar-refractivity contribution in [2.75, 3.05) is 13.2 Å². The molecule has 3 rings (SSSR count). The molecular formula is C15H17N3O4. The summed E-state index contributed by atoms with van der Waals surface area (Å²) in [6, 6.07) is 5.49. The third-order valence-electron chi connectivity index (χ3n) is 3.91. The van der Waals surface area contributed by atoms with Crippen LogP contribution in [0.2, 0.25) is 0 Å². The van der Waals surface area contributed by atoms with Gasteiger partial charge in [0.05, 0.1) is 12.0 Å². The lowest BCUT2D eigenvalue weighted by atomic mass is 9.86. The molecule has 2 aromatic rings. The first-order valence-electron chi connectivity index (χ1n) is 7.14. The van der Waals surface area contributed by atoms with Crippen molar-refractivity contribution < 1.29 is 19.4 Å². The van der Waals surface area contributed by atoms with E-state index in [0.29, 0.717) is 31.7 Å². The molecule has 0 aliphatic carbocycles. The second-order valence-electron chi connectivity index (χ2n) is 5.51. The Morgan fingerprint density at radius 1 is 1.36 bits per heavy atom. The molecule has 2 N–H and O–H groups in total. The number of carbonyl (C=O) groups excluding carboxylic acids is 1. The fraction of sp³-hybridized carbons (Fsp3) is 0.400. The van der Waals surface area contributed by atoms with Crippen molar-refractivity contribution in [3.05, 3.63) is 36.3 Å². The first kappa shape index (κ1) is 14.5. The maximum Gasteiger partial charge on any atom is 0.305 e. The van der Waals surface area contributed by atoms with Crippen LogP contribution in [-0.2, 0) is 9.53 Å². The van der Waals surface area contributed by atoms with Crippen molar-refractivity contribution >= 4 is 17.5 Å². The normalized spacial score (nSPS) is 17.3. The minimum Gasteiger partial charge on any atom is -0.481 e. The summed E-state index contributed by atoms with van der Waals surface area (Å²) in [4.78, 5) is 27.8. The third kappa shape index (κ3) is 2.94. The van der Waals surface area contributed by atoms with E-state index in [0.717, 1.165) is 0 Å². The topological polar surface area (TPSA) is 92.9 Å². The van der Waals surface area contributed by atoms with Gasteiger partial charge in [-0.3, -0.25) is 9.59 Å². The van der Waals surface area contributed by atoms with Crippen LogP contribution in [-0.4, -0.2) is 45.1 Å². The van der Waals surface area contributed by atoms with Gasteiger partial charge in [0.2, 0.25) is 0 Å². The van der Waals surface area contributed by atoms with E-state index in [1.54, 1.807) is 22.9 Å². The van der Waals surface area contributed by atoms with Crippen LogP contribution in [0.3, 0.4) is 0 Å². The van der Waals surface area contributed by atoms with E-state index in [2.05, 4.69) is 10.3 Å². The summed E-state index contributed by atoms with van der Waals surface area (Å²) in [5, 5.41) is 12.0. The van der Waals surface area contributed by atoms with Gasteiger partial charge in [0, 0.05) is 25.6 Å². The Labute approximate surface area is 126 Å². The van der Waals surface area contributed by atoms with Crippen LogP contribution in [0.1, 0.15) is 29.8 Å². The Hall–Kier alpha value is -2.41. The summed E-state index contributed by atoms with van der Waals surface area (Å²) in [6.07, 6.45) is 4.30. The number of carboxylic acids is 1. The highest BCUT2D eigenvalue weighted by Gasteiger charge is 2.37. The van der Waals surface area contributed by atoms with Crippen LogP contribution in [0.15, 0.2) is 30.6 Å². The van der Waals surface area contributed by atoms with Gasteiger partial charge in [-0.15, -0.1) is 0 Å². The highest BCUT2D eigenvalue weighted by atomic mass is 16.5. The molecule has 1 aliphatic rings. The lowest BCUT2D eigenvalue weighted by molar-refractivity contribution is -0.139. The molecule has 0 unspecified atom stereocenters. The van der Waals surface area contributed by atoms with Crippen LogP contribution in [0.4, 0.5) is 0 Å². The van der Waals surface area contributed by atoms with Gasteiger partial charge in [0.15, 0.2) is 0 Å². The van der Waals surface area contributed by atoms with Crippen molar-refractivity contribution in [2.24, 2.45) is 0 Å². The molecule has 0 aromatic carbocycles. The van der Waals surface area contributed by atoms with Gasteiger partial charge in [0.1, 0.15) is 11.3 Å². The van der Waals surface area contributed by atoms with Gasteiger partial charge >= 0.3 is 5.97 Å². The molecule has 1 saturated heterocycles. The number of aromatic nitrogens is 2. The molecule has 3 heterocycles. The summed E-state index contributed by atoms with van der Waals surface area (Å²) in [5.74, 6) is -1.29. The van der Waals surface area contributed by atoms with E-state index in [-0.39, 0.29) is 18.0 Å². The first-order chi connectivity index (χ1) is 10.6. The van der Waals surface area contributed by atoms with Gasteiger partial charge in [-0.25, -0.2) is 4.98 Å². The van der Waals surface area contributed by atoms with Crippen LogP contribution in [0, 0.1) is 0 Å². The summed E-state index contributed by atoms with van der Waals surface area (Å²) in [7, 11) is 0. The second kappa shape index (κ2) is 5.76. The van der Waals surface area contributed by atoms with Crippen LogP contribution >= 0.6 is 0 Å². The van der Waals surface area contributed by atoms with Crippen LogP contribution < -0.4 is 5.32 Å². The number of nitrogens with zero attached hydrogens (tertiary/aromatic N) is 2. The number of hydrogen-bond acceptors (Lipinski definition) is 4. The zero-order valence-electron chi connectivity index (χ0n) is 12.0. The van der Waals surface area contributed by atoms with Gasteiger partial charge in [-0.05, 0) is 25.0 Å². The molecule has 7 nitrogen and oxygen atoms in total. The van der Waals surface area contributed by atoms with Crippen molar-refractivity contribution in [3.63, 3.8) is 0 Å². The quantitative estimate of drug-likeness (QED) is 0.882. The maximum atomic E-state index is 12.4. The van der Waals surface area contributed by atoms with E-state index in [4.69, 9.17) is 9.84 Å². The molecular weight excluding hydrogens is 286 g/mol. The zero-order chi connectivity index (χ0) is 15.6. The number of rotatable bonds is 4. The Morgan fingerprint density at radius 3 is 2.82 bits per heavy atom. The number of carboxylic acid groups (broad SMARTS) is 1. The lowest BCUT2D eigenvalue weighted by Crippen LogP contribution is -2.53. The van der Waals surface area contributed by atoms with E-state index >= 15 is 0 Å². The molecule has 1 fully saturated rings. The zero-order valence-corrected chi connectivity index (χ0v) is 12.0. The monoisotopic (exact) mass is 303 g/mol. The Morgan fingerprint density at radius 2 is 2.14 bits per heavy atom. The number of pyridine rings is 1. The highest BCUT2D eigenvalue weighted by molar-refractivity contribution is 5.93. The molecule has 0 atom stereocenters. The maximum absolute atomic E-state index is 12.4. The van der Waals surface area contributed by atoms with E-state index in [1.165, 1.54) is 0 Å². The summed E-state index contributed by atoms with van der Waals surface area (Å²) in [5.41, 5.74) is 0.186. The predicted octanol–water partition coefficient (Wildman–Crippen LogP) is 1.09. The Bertz CT molecular complexity index is 671.